The van der Waals surface area contributed by atoms with Gasteiger partial charge in [0.25, 0.3) is 0 Å². The minimum Gasteiger partial charge on any atom is -0.285 e. The van der Waals surface area contributed by atoms with Crippen LogP contribution in [0, 0.1) is 11.8 Å². The van der Waals surface area contributed by atoms with Gasteiger partial charge in [-0.15, -0.1) is 0 Å². The maximum atomic E-state index is 11.4. The quantitative estimate of drug-likeness (QED) is 0.388. The summed E-state index contributed by atoms with van der Waals surface area (Å²) in [4.78, 5) is 24.1. The summed E-state index contributed by atoms with van der Waals surface area (Å²) in [5, 5.41) is 0. The summed E-state index contributed by atoms with van der Waals surface area (Å²) in [7, 11) is 1.56. The lowest BCUT2D eigenvalue weighted by Gasteiger charge is -2.07. The number of fused-ring (bicyclic) bond motifs is 1. The molecule has 0 N–H and O–H groups in total. The van der Waals surface area contributed by atoms with Crippen LogP contribution in [-0.2, 0) is 9.59 Å². The molecule has 0 aromatic heterocycles. The highest BCUT2D eigenvalue weighted by Crippen LogP contribution is 2.41. The van der Waals surface area contributed by atoms with Gasteiger partial charge in [-0.05, 0) is 12.8 Å². The third-order valence-electron chi connectivity index (χ3n) is 2.80. The second-order valence-electron chi connectivity index (χ2n) is 3.61. The first-order valence-corrected chi connectivity index (χ1v) is 4.09. The van der Waals surface area contributed by atoms with E-state index in [1.165, 1.54) is 4.90 Å². The van der Waals surface area contributed by atoms with Crippen LogP contribution in [0.25, 0.3) is 0 Å². The van der Waals surface area contributed by atoms with Crippen molar-refractivity contribution in [3.8, 4) is 0 Å². The SMILES string of the molecule is C=C1CC2C(=O)N(C)C(=O)C2C1. The molecule has 1 aliphatic carbocycles. The van der Waals surface area contributed by atoms with Gasteiger partial charge < -0.3 is 0 Å². The van der Waals surface area contributed by atoms with Crippen molar-refractivity contribution in [2.75, 3.05) is 7.05 Å². The number of hydrogen-bond donors (Lipinski definition) is 0. The topological polar surface area (TPSA) is 37.4 Å². The summed E-state index contributed by atoms with van der Waals surface area (Å²) in [6.07, 6.45) is 1.42. The summed E-state index contributed by atoms with van der Waals surface area (Å²) in [5.74, 6) is -0.225. The van der Waals surface area contributed by atoms with Crippen molar-refractivity contribution in [2.24, 2.45) is 11.8 Å². The predicted molar refractivity (Wildman–Crippen MR) is 43.1 cm³/mol. The van der Waals surface area contributed by atoms with Crippen molar-refractivity contribution >= 4 is 11.8 Å². The number of allylic oxidation sites excluding steroid dienone is 1. The highest BCUT2D eigenvalue weighted by Gasteiger charge is 2.49. The van der Waals surface area contributed by atoms with E-state index in [0.717, 1.165) is 5.57 Å². The van der Waals surface area contributed by atoms with Gasteiger partial charge in [0.15, 0.2) is 0 Å². The van der Waals surface area contributed by atoms with Gasteiger partial charge in [-0.1, -0.05) is 12.2 Å². The van der Waals surface area contributed by atoms with Crippen LogP contribution in [0.15, 0.2) is 12.2 Å². The molecule has 0 aromatic carbocycles. The molecule has 64 valence electrons. The van der Waals surface area contributed by atoms with Crippen LogP contribution < -0.4 is 0 Å². The molecular weight excluding hydrogens is 154 g/mol. The Labute approximate surface area is 71.0 Å². The van der Waals surface area contributed by atoms with Gasteiger partial charge in [0.2, 0.25) is 11.8 Å². The average Bonchev–Trinajstić information content (AvgIpc) is 2.49. The van der Waals surface area contributed by atoms with Gasteiger partial charge >= 0.3 is 0 Å². The van der Waals surface area contributed by atoms with E-state index in [4.69, 9.17) is 0 Å². The number of carbonyl (C=O) groups excluding carboxylic acids is 2. The lowest BCUT2D eigenvalue weighted by molar-refractivity contribution is -0.138. The Morgan fingerprint density at radius 3 is 2.08 bits per heavy atom. The standard InChI is InChI=1S/C9H11NO2/c1-5-3-6-7(4-5)9(12)10(2)8(6)11/h6-7H,1,3-4H2,2H3. The van der Waals surface area contributed by atoms with E-state index in [-0.39, 0.29) is 23.7 Å². The molecule has 2 fully saturated rings. The largest absolute Gasteiger partial charge is 0.285 e. The van der Waals surface area contributed by atoms with Gasteiger partial charge in [0.05, 0.1) is 11.8 Å². The van der Waals surface area contributed by atoms with E-state index in [2.05, 4.69) is 6.58 Å². The third kappa shape index (κ3) is 0.763. The highest BCUT2D eigenvalue weighted by molar-refractivity contribution is 6.05. The third-order valence-corrected chi connectivity index (χ3v) is 2.80. The van der Waals surface area contributed by atoms with Crippen molar-refractivity contribution in [1.29, 1.82) is 0 Å². The van der Waals surface area contributed by atoms with Crippen molar-refractivity contribution < 1.29 is 9.59 Å². The van der Waals surface area contributed by atoms with E-state index in [0.29, 0.717) is 12.8 Å². The van der Waals surface area contributed by atoms with Crippen molar-refractivity contribution in [3.05, 3.63) is 12.2 Å². The normalized spacial score (nSPS) is 34.8. The van der Waals surface area contributed by atoms with Crippen LogP contribution in [-0.4, -0.2) is 23.8 Å². The average molecular weight is 165 g/mol. The van der Waals surface area contributed by atoms with Crippen LogP contribution >= 0.6 is 0 Å². The first-order valence-electron chi connectivity index (χ1n) is 4.09. The molecule has 0 spiro atoms. The first kappa shape index (κ1) is 7.53. The summed E-state index contributed by atoms with van der Waals surface area (Å²) < 4.78 is 0. The minimum atomic E-state index is -0.0880. The van der Waals surface area contributed by atoms with Crippen molar-refractivity contribution in [1.82, 2.24) is 4.90 Å². The Bertz CT molecular complexity index is 256. The fraction of sp³-hybridized carbons (Fsp3) is 0.556. The molecule has 12 heavy (non-hydrogen) atoms. The summed E-state index contributed by atoms with van der Waals surface area (Å²) >= 11 is 0. The van der Waals surface area contributed by atoms with Gasteiger partial charge in [0, 0.05) is 7.05 Å². The molecule has 2 aliphatic rings. The summed E-state index contributed by atoms with van der Waals surface area (Å²) in [6, 6.07) is 0. The number of nitrogens with zero attached hydrogens (tertiary/aromatic N) is 1. The van der Waals surface area contributed by atoms with Gasteiger partial charge in [-0.25, -0.2) is 0 Å². The van der Waals surface area contributed by atoms with Crippen LogP contribution in [0.4, 0.5) is 0 Å². The van der Waals surface area contributed by atoms with Crippen LogP contribution in [0.3, 0.4) is 0 Å². The Balaban J connectivity index is 2.32. The van der Waals surface area contributed by atoms with E-state index < -0.39 is 0 Å². The Kier molecular flexibility index (Phi) is 1.37. The summed E-state index contributed by atoms with van der Waals surface area (Å²) in [6.45, 7) is 3.81. The molecule has 2 rings (SSSR count). The van der Waals surface area contributed by atoms with Crippen LogP contribution in [0.2, 0.25) is 0 Å². The van der Waals surface area contributed by atoms with Gasteiger partial charge in [0.1, 0.15) is 0 Å². The number of hydrogen-bond acceptors (Lipinski definition) is 2. The summed E-state index contributed by atoms with van der Waals surface area (Å²) in [5.41, 5.74) is 1.04. The molecule has 0 radical (unpaired) electrons. The van der Waals surface area contributed by atoms with E-state index >= 15 is 0 Å². The molecular formula is C9H11NO2. The molecule has 0 aromatic rings. The van der Waals surface area contributed by atoms with Gasteiger partial charge in [-0.3, -0.25) is 14.5 Å². The lowest BCUT2D eigenvalue weighted by Crippen LogP contribution is -2.27. The molecule has 1 saturated carbocycles. The van der Waals surface area contributed by atoms with Crippen molar-refractivity contribution in [2.45, 2.75) is 12.8 Å². The number of imide groups is 1. The predicted octanol–water partition coefficient (Wildman–Crippen LogP) is 0.567. The van der Waals surface area contributed by atoms with E-state index in [1.54, 1.807) is 7.05 Å². The van der Waals surface area contributed by atoms with Gasteiger partial charge in [-0.2, -0.15) is 0 Å². The molecule has 3 heteroatoms. The second kappa shape index (κ2) is 2.19. The Morgan fingerprint density at radius 2 is 1.67 bits per heavy atom. The van der Waals surface area contributed by atoms with Crippen molar-refractivity contribution in [3.63, 3.8) is 0 Å². The number of amides is 2. The molecule has 2 atom stereocenters. The fourth-order valence-electron chi connectivity index (χ4n) is 2.11. The fourth-order valence-corrected chi connectivity index (χ4v) is 2.11. The minimum absolute atomic E-state index is 0.0244. The molecule has 0 bridgehead atoms. The molecule has 1 heterocycles. The number of rotatable bonds is 0. The molecule has 1 aliphatic heterocycles. The zero-order chi connectivity index (χ0) is 8.88. The second-order valence-corrected chi connectivity index (χ2v) is 3.61. The molecule has 2 unspecified atom stereocenters. The Hall–Kier alpha value is -1.12. The Morgan fingerprint density at radius 1 is 1.25 bits per heavy atom. The van der Waals surface area contributed by atoms with E-state index in [9.17, 15) is 9.59 Å². The van der Waals surface area contributed by atoms with Crippen LogP contribution in [0.5, 0.6) is 0 Å². The van der Waals surface area contributed by atoms with Crippen LogP contribution in [0.1, 0.15) is 12.8 Å². The zero-order valence-corrected chi connectivity index (χ0v) is 7.04. The molecule has 1 saturated heterocycles. The highest BCUT2D eigenvalue weighted by atomic mass is 16.2. The zero-order valence-electron chi connectivity index (χ0n) is 7.04. The number of carbonyl (C=O) groups is 2. The lowest BCUT2D eigenvalue weighted by atomic mass is 10.00. The maximum absolute atomic E-state index is 11.4. The molecule has 3 nitrogen and oxygen atoms in total. The number of likely N-dealkylation sites (tertiary alicyclic amines) is 1. The monoisotopic (exact) mass is 165 g/mol. The maximum Gasteiger partial charge on any atom is 0.233 e. The molecule has 2 amide bonds. The van der Waals surface area contributed by atoms with E-state index in [1.807, 2.05) is 0 Å². The first-order chi connectivity index (χ1) is 5.61. The smallest absolute Gasteiger partial charge is 0.233 e.